The zero-order valence-corrected chi connectivity index (χ0v) is 8.16. The van der Waals surface area contributed by atoms with E-state index in [1.165, 1.54) is 6.92 Å². The summed E-state index contributed by atoms with van der Waals surface area (Å²) in [4.78, 5) is 0. The number of hydrogen-bond donors (Lipinski definition) is 1. The molecule has 1 aromatic carbocycles. The number of aryl methyl sites for hydroxylation is 1. The molecular formula is C10H12FN3. The van der Waals surface area contributed by atoms with Gasteiger partial charge in [0, 0.05) is 18.1 Å². The molecule has 0 saturated heterocycles. The molecule has 1 heterocycles. The van der Waals surface area contributed by atoms with Gasteiger partial charge in [-0.05, 0) is 25.1 Å². The summed E-state index contributed by atoms with van der Waals surface area (Å²) in [5.41, 5.74) is 7.65. The summed E-state index contributed by atoms with van der Waals surface area (Å²) in [6.45, 7) is 1.48. The fraction of sp³-hybridized carbons (Fsp3) is 0.300. The number of anilines is 1. The Morgan fingerprint density at radius 2 is 2.21 bits per heavy atom. The molecule has 0 radical (unpaired) electrons. The molecule has 0 aliphatic heterocycles. The maximum atomic E-state index is 13.2. The van der Waals surface area contributed by atoms with Crippen molar-refractivity contribution < 1.29 is 4.39 Å². The zero-order chi connectivity index (χ0) is 10.3. The molecular weight excluding hydrogens is 181 g/mol. The molecule has 1 atom stereocenters. The third kappa shape index (κ3) is 1.23. The third-order valence-electron chi connectivity index (χ3n) is 2.28. The van der Waals surface area contributed by atoms with Gasteiger partial charge in [-0.1, -0.05) is 0 Å². The Labute approximate surface area is 81.3 Å². The highest BCUT2D eigenvalue weighted by Crippen LogP contribution is 2.26. The number of benzene rings is 1. The molecule has 0 aliphatic rings. The Bertz CT molecular complexity index is 473. The molecule has 4 heteroatoms. The SMILES string of the molecule is CC(F)c1nn(C)c2cc(N)ccc12. The third-order valence-corrected chi connectivity index (χ3v) is 2.28. The van der Waals surface area contributed by atoms with Crippen molar-refractivity contribution in [1.82, 2.24) is 9.78 Å². The summed E-state index contributed by atoms with van der Waals surface area (Å²) in [7, 11) is 1.79. The van der Waals surface area contributed by atoms with Crippen LogP contribution >= 0.6 is 0 Å². The standard InChI is InChI=1S/C10H12FN3/c1-6(11)10-8-4-3-7(12)5-9(8)14(2)13-10/h3-6H,12H2,1-2H3. The van der Waals surface area contributed by atoms with Crippen molar-refractivity contribution in [2.75, 3.05) is 5.73 Å². The summed E-state index contributed by atoms with van der Waals surface area (Å²) in [5, 5.41) is 4.95. The number of halogens is 1. The smallest absolute Gasteiger partial charge is 0.142 e. The summed E-state index contributed by atoms with van der Waals surface area (Å²) in [6, 6.07) is 5.37. The van der Waals surface area contributed by atoms with E-state index in [-0.39, 0.29) is 0 Å². The van der Waals surface area contributed by atoms with Gasteiger partial charge in [0.2, 0.25) is 0 Å². The molecule has 0 aliphatic carbocycles. The lowest BCUT2D eigenvalue weighted by atomic mass is 10.1. The van der Waals surface area contributed by atoms with Crippen molar-refractivity contribution in [3.8, 4) is 0 Å². The van der Waals surface area contributed by atoms with E-state index in [2.05, 4.69) is 5.10 Å². The molecule has 2 rings (SSSR count). The number of hydrogen-bond acceptors (Lipinski definition) is 2. The Balaban J connectivity index is 2.77. The monoisotopic (exact) mass is 193 g/mol. The van der Waals surface area contributed by atoms with Crippen molar-refractivity contribution in [3.05, 3.63) is 23.9 Å². The van der Waals surface area contributed by atoms with E-state index in [0.29, 0.717) is 11.4 Å². The first kappa shape index (κ1) is 8.99. The van der Waals surface area contributed by atoms with E-state index in [9.17, 15) is 4.39 Å². The van der Waals surface area contributed by atoms with Gasteiger partial charge in [-0.25, -0.2) is 4.39 Å². The average Bonchev–Trinajstić information content (AvgIpc) is 2.44. The van der Waals surface area contributed by atoms with Gasteiger partial charge in [-0.15, -0.1) is 0 Å². The molecule has 0 amide bonds. The Morgan fingerprint density at radius 3 is 2.86 bits per heavy atom. The molecule has 2 N–H and O–H groups in total. The zero-order valence-electron chi connectivity index (χ0n) is 8.16. The minimum Gasteiger partial charge on any atom is -0.399 e. The Hall–Kier alpha value is -1.58. The molecule has 2 aromatic rings. The van der Waals surface area contributed by atoms with Gasteiger partial charge in [-0.2, -0.15) is 5.10 Å². The van der Waals surface area contributed by atoms with Crippen LogP contribution in [0.5, 0.6) is 0 Å². The fourth-order valence-electron chi connectivity index (χ4n) is 1.60. The number of aromatic nitrogens is 2. The van der Waals surface area contributed by atoms with Crippen LogP contribution in [0.1, 0.15) is 18.8 Å². The van der Waals surface area contributed by atoms with Crippen molar-refractivity contribution in [2.24, 2.45) is 7.05 Å². The molecule has 0 spiro atoms. The predicted octanol–water partition coefficient (Wildman–Crippen LogP) is 2.19. The number of alkyl halides is 1. The van der Waals surface area contributed by atoms with Crippen molar-refractivity contribution >= 4 is 16.6 Å². The van der Waals surface area contributed by atoms with E-state index >= 15 is 0 Å². The highest BCUT2D eigenvalue weighted by Gasteiger charge is 2.13. The minimum absolute atomic E-state index is 0.475. The summed E-state index contributed by atoms with van der Waals surface area (Å²) >= 11 is 0. The van der Waals surface area contributed by atoms with Crippen LogP contribution in [0.2, 0.25) is 0 Å². The topological polar surface area (TPSA) is 43.8 Å². The van der Waals surface area contributed by atoms with Crippen molar-refractivity contribution in [2.45, 2.75) is 13.1 Å². The van der Waals surface area contributed by atoms with Crippen LogP contribution in [-0.4, -0.2) is 9.78 Å². The molecule has 74 valence electrons. The van der Waals surface area contributed by atoms with E-state index in [4.69, 9.17) is 5.73 Å². The van der Waals surface area contributed by atoms with E-state index in [0.717, 1.165) is 10.9 Å². The number of nitrogen functional groups attached to an aromatic ring is 1. The quantitative estimate of drug-likeness (QED) is 0.705. The maximum Gasteiger partial charge on any atom is 0.142 e. The van der Waals surface area contributed by atoms with E-state index < -0.39 is 6.17 Å². The Kier molecular flexibility index (Phi) is 1.91. The first-order chi connectivity index (χ1) is 6.59. The molecule has 14 heavy (non-hydrogen) atoms. The first-order valence-corrected chi connectivity index (χ1v) is 4.46. The lowest BCUT2D eigenvalue weighted by Crippen LogP contribution is -1.92. The van der Waals surface area contributed by atoms with Gasteiger partial charge in [0.25, 0.3) is 0 Å². The van der Waals surface area contributed by atoms with Crippen LogP contribution in [0.25, 0.3) is 10.9 Å². The first-order valence-electron chi connectivity index (χ1n) is 4.46. The summed E-state index contributed by atoms with van der Waals surface area (Å²) < 4.78 is 14.8. The van der Waals surface area contributed by atoms with Crippen LogP contribution in [0.15, 0.2) is 18.2 Å². The second-order valence-electron chi connectivity index (χ2n) is 3.40. The van der Waals surface area contributed by atoms with Crippen molar-refractivity contribution in [3.63, 3.8) is 0 Å². The number of nitrogens with two attached hydrogens (primary N) is 1. The molecule has 0 saturated carbocycles. The highest BCUT2D eigenvalue weighted by atomic mass is 19.1. The maximum absolute atomic E-state index is 13.2. The number of rotatable bonds is 1. The van der Waals surface area contributed by atoms with E-state index in [1.54, 1.807) is 23.9 Å². The summed E-state index contributed by atoms with van der Waals surface area (Å²) in [5.74, 6) is 0. The van der Waals surface area contributed by atoms with Crippen LogP contribution in [-0.2, 0) is 7.05 Å². The average molecular weight is 193 g/mol. The van der Waals surface area contributed by atoms with Gasteiger partial charge in [0.1, 0.15) is 11.9 Å². The van der Waals surface area contributed by atoms with Crippen LogP contribution < -0.4 is 5.73 Å². The highest BCUT2D eigenvalue weighted by molar-refractivity contribution is 5.85. The summed E-state index contributed by atoms with van der Waals surface area (Å²) in [6.07, 6.45) is -1.05. The molecule has 0 bridgehead atoms. The number of nitrogens with zero attached hydrogens (tertiary/aromatic N) is 2. The molecule has 0 fully saturated rings. The van der Waals surface area contributed by atoms with Gasteiger partial charge < -0.3 is 5.73 Å². The van der Waals surface area contributed by atoms with Gasteiger partial charge in [-0.3, -0.25) is 4.68 Å². The molecule has 1 unspecified atom stereocenters. The van der Waals surface area contributed by atoms with Crippen molar-refractivity contribution in [1.29, 1.82) is 0 Å². The lowest BCUT2D eigenvalue weighted by Gasteiger charge is -1.97. The second kappa shape index (κ2) is 2.97. The minimum atomic E-state index is -1.05. The van der Waals surface area contributed by atoms with Gasteiger partial charge in [0.05, 0.1) is 5.52 Å². The van der Waals surface area contributed by atoms with Crippen LogP contribution in [0.3, 0.4) is 0 Å². The lowest BCUT2D eigenvalue weighted by molar-refractivity contribution is 0.365. The van der Waals surface area contributed by atoms with Crippen LogP contribution in [0, 0.1) is 0 Å². The Morgan fingerprint density at radius 1 is 1.50 bits per heavy atom. The van der Waals surface area contributed by atoms with Gasteiger partial charge in [0.15, 0.2) is 0 Å². The second-order valence-corrected chi connectivity index (χ2v) is 3.40. The normalized spacial score (nSPS) is 13.4. The largest absolute Gasteiger partial charge is 0.399 e. The van der Waals surface area contributed by atoms with Crippen LogP contribution in [0.4, 0.5) is 10.1 Å². The van der Waals surface area contributed by atoms with E-state index in [1.807, 2.05) is 6.07 Å². The molecule has 1 aromatic heterocycles. The van der Waals surface area contributed by atoms with Gasteiger partial charge >= 0.3 is 0 Å². The number of fused-ring (bicyclic) bond motifs is 1. The fourth-order valence-corrected chi connectivity index (χ4v) is 1.60. The predicted molar refractivity (Wildman–Crippen MR) is 54.6 cm³/mol. The molecule has 3 nitrogen and oxygen atoms in total.